The highest BCUT2D eigenvalue weighted by Gasteiger charge is 2.48. The van der Waals surface area contributed by atoms with Crippen molar-refractivity contribution >= 4 is 23.6 Å². The minimum Gasteiger partial charge on any atom is -0.332 e. The maximum Gasteiger partial charge on any atom is 0.268 e. The number of carbonyl (C=O) groups excluding carboxylic acids is 4. The van der Waals surface area contributed by atoms with Gasteiger partial charge >= 0.3 is 0 Å². The predicted molar refractivity (Wildman–Crippen MR) is 54.8 cm³/mol. The van der Waals surface area contributed by atoms with E-state index in [4.69, 9.17) is 9.47 Å². The summed E-state index contributed by atoms with van der Waals surface area (Å²) in [4.78, 5) is 46.9. The largest absolute Gasteiger partial charge is 0.332 e. The summed E-state index contributed by atoms with van der Waals surface area (Å²) in [5, 5.41) is 0. The summed E-state index contributed by atoms with van der Waals surface area (Å²) < 4.78 is 9.75. The van der Waals surface area contributed by atoms with E-state index < -0.39 is 42.6 Å². The Morgan fingerprint density at radius 1 is 0.944 bits per heavy atom. The lowest BCUT2D eigenvalue weighted by Crippen LogP contribution is -2.63. The molecule has 2 saturated heterocycles. The van der Waals surface area contributed by atoms with Crippen molar-refractivity contribution in [2.24, 2.45) is 0 Å². The van der Waals surface area contributed by atoms with Crippen molar-refractivity contribution in [2.45, 2.75) is 19.1 Å². The van der Waals surface area contributed by atoms with Gasteiger partial charge in [-0.25, -0.2) is 0 Å². The van der Waals surface area contributed by atoms with Gasteiger partial charge in [-0.3, -0.25) is 29.0 Å². The Labute approximate surface area is 102 Å². The van der Waals surface area contributed by atoms with E-state index in [1.54, 1.807) is 6.92 Å². The number of hydrogen-bond donors (Lipinski definition) is 0. The van der Waals surface area contributed by atoms with Crippen LogP contribution in [0.15, 0.2) is 0 Å². The number of hydrogen-bond acceptors (Lipinski definition) is 6. The van der Waals surface area contributed by atoms with Gasteiger partial charge in [-0.05, 0) is 6.92 Å². The number of nitrogens with zero attached hydrogens (tertiary/aromatic N) is 2. The van der Waals surface area contributed by atoms with Gasteiger partial charge in [-0.2, -0.15) is 0 Å². The quantitative estimate of drug-likeness (QED) is 0.324. The van der Waals surface area contributed by atoms with E-state index in [0.29, 0.717) is 6.54 Å². The van der Waals surface area contributed by atoms with E-state index in [2.05, 4.69) is 0 Å². The number of imide groups is 2. The number of amides is 4. The first kappa shape index (κ1) is 12.7. The second-order valence-corrected chi connectivity index (χ2v) is 3.87. The Hall–Kier alpha value is -1.80. The van der Waals surface area contributed by atoms with Crippen LogP contribution in [0.4, 0.5) is 0 Å². The van der Waals surface area contributed by atoms with Crippen molar-refractivity contribution in [1.82, 2.24) is 9.80 Å². The molecule has 4 amide bonds. The van der Waals surface area contributed by atoms with Crippen LogP contribution in [0.25, 0.3) is 0 Å². The van der Waals surface area contributed by atoms with Gasteiger partial charge in [0, 0.05) is 13.6 Å². The molecule has 0 bridgehead atoms. The first-order valence-corrected chi connectivity index (χ1v) is 5.38. The molecule has 2 aliphatic rings. The molecule has 0 aromatic carbocycles. The lowest BCUT2D eigenvalue weighted by molar-refractivity contribution is -0.200. The van der Waals surface area contributed by atoms with Crippen molar-refractivity contribution in [3.8, 4) is 0 Å². The van der Waals surface area contributed by atoms with Crippen molar-refractivity contribution < 1.29 is 28.7 Å². The maximum absolute atomic E-state index is 11.3. The van der Waals surface area contributed by atoms with E-state index in [1.165, 1.54) is 7.05 Å². The van der Waals surface area contributed by atoms with Gasteiger partial charge < -0.3 is 9.47 Å². The second kappa shape index (κ2) is 4.46. The number of ether oxygens (including phenoxy) is 2. The molecule has 98 valence electrons. The van der Waals surface area contributed by atoms with E-state index in [-0.39, 0.29) is 0 Å². The van der Waals surface area contributed by atoms with Crippen molar-refractivity contribution in [2.75, 3.05) is 20.4 Å². The highest BCUT2D eigenvalue weighted by atomic mass is 16.7. The first-order chi connectivity index (χ1) is 8.49. The van der Waals surface area contributed by atoms with Crippen LogP contribution in [0, 0.1) is 0 Å². The van der Waals surface area contributed by atoms with Gasteiger partial charge in [0.25, 0.3) is 23.6 Å². The Bertz CT molecular complexity index is 402. The molecule has 8 heteroatoms. The van der Waals surface area contributed by atoms with Crippen LogP contribution in [0.1, 0.15) is 6.92 Å². The minimum atomic E-state index is -1.18. The maximum atomic E-state index is 11.3. The van der Waals surface area contributed by atoms with Crippen molar-refractivity contribution in [3.05, 3.63) is 0 Å². The molecule has 0 aliphatic carbocycles. The number of likely N-dealkylation sites (N-methyl/N-ethyl adjacent to an activating group) is 2. The molecule has 8 nitrogen and oxygen atoms in total. The zero-order chi connectivity index (χ0) is 13.4. The average Bonchev–Trinajstić information content (AvgIpc) is 2.38. The summed E-state index contributed by atoms with van der Waals surface area (Å²) in [6.45, 7) is 1.52. The molecule has 2 rings (SSSR count). The summed E-state index contributed by atoms with van der Waals surface area (Å²) in [6.07, 6.45) is -2.35. The number of β-lactam (4-membered cyclic amide) rings is 4. The number of likely N-dealkylation sites (tertiary alicyclic amines) is 2. The van der Waals surface area contributed by atoms with Gasteiger partial charge in [0.05, 0.1) is 0 Å². The Morgan fingerprint density at radius 3 is 1.83 bits per heavy atom. The average molecular weight is 256 g/mol. The molecule has 0 aromatic heterocycles. The van der Waals surface area contributed by atoms with Crippen LogP contribution in [-0.2, 0) is 28.7 Å². The predicted octanol–water partition coefficient (Wildman–Crippen LogP) is -1.90. The molecule has 0 aromatic rings. The summed E-state index contributed by atoms with van der Waals surface area (Å²) >= 11 is 0. The zero-order valence-electron chi connectivity index (χ0n) is 9.91. The second-order valence-electron chi connectivity index (χ2n) is 3.87. The normalized spacial score (nSPS) is 21.4. The van der Waals surface area contributed by atoms with Crippen molar-refractivity contribution in [1.29, 1.82) is 0 Å². The Kier molecular flexibility index (Phi) is 3.14. The fraction of sp³-hybridized carbons (Fsp3) is 0.600. The summed E-state index contributed by atoms with van der Waals surface area (Å²) in [7, 11) is 1.34. The lowest BCUT2D eigenvalue weighted by Gasteiger charge is -2.36. The fourth-order valence-corrected chi connectivity index (χ4v) is 1.70. The molecule has 2 aliphatic heterocycles. The molecular weight excluding hydrogens is 244 g/mol. The molecule has 0 spiro atoms. The third kappa shape index (κ3) is 1.70. The SMILES string of the molecule is CCN1C(=O)C(OCOC2C(=O)N(C)C2=O)C1=O. The van der Waals surface area contributed by atoms with Gasteiger partial charge in [-0.15, -0.1) is 0 Å². The highest BCUT2D eigenvalue weighted by molar-refractivity contribution is 6.20. The van der Waals surface area contributed by atoms with Gasteiger partial charge in [-0.1, -0.05) is 0 Å². The van der Waals surface area contributed by atoms with Gasteiger partial charge in [0.2, 0.25) is 12.2 Å². The van der Waals surface area contributed by atoms with Crippen LogP contribution >= 0.6 is 0 Å². The standard InChI is InChI=1S/C10H12N2O6/c1-3-12-9(15)6(10(12)16)18-4-17-5-7(13)11(2)8(5)14/h5-6H,3-4H2,1-2H3. The third-order valence-electron chi connectivity index (χ3n) is 2.88. The molecular formula is C10H12N2O6. The molecule has 0 radical (unpaired) electrons. The fourth-order valence-electron chi connectivity index (χ4n) is 1.70. The third-order valence-corrected chi connectivity index (χ3v) is 2.88. The van der Waals surface area contributed by atoms with E-state index in [9.17, 15) is 19.2 Å². The monoisotopic (exact) mass is 256 g/mol. The molecule has 0 atom stereocenters. The Balaban J connectivity index is 1.74. The van der Waals surface area contributed by atoms with Crippen molar-refractivity contribution in [3.63, 3.8) is 0 Å². The van der Waals surface area contributed by atoms with E-state index in [1.807, 2.05) is 0 Å². The summed E-state index contributed by atoms with van der Waals surface area (Å²) in [5.74, 6) is -1.81. The van der Waals surface area contributed by atoms with Crippen LogP contribution in [-0.4, -0.2) is 66.0 Å². The summed E-state index contributed by atoms with van der Waals surface area (Å²) in [6, 6.07) is 0. The van der Waals surface area contributed by atoms with Gasteiger partial charge in [0.1, 0.15) is 6.79 Å². The van der Waals surface area contributed by atoms with Gasteiger partial charge in [0.15, 0.2) is 0 Å². The molecule has 0 N–H and O–H groups in total. The molecule has 2 heterocycles. The smallest absolute Gasteiger partial charge is 0.268 e. The summed E-state index contributed by atoms with van der Waals surface area (Å²) in [5.41, 5.74) is 0. The minimum absolute atomic E-state index is 0.294. The van der Waals surface area contributed by atoms with Crippen LogP contribution in [0.2, 0.25) is 0 Å². The molecule has 18 heavy (non-hydrogen) atoms. The topological polar surface area (TPSA) is 93.2 Å². The number of rotatable bonds is 5. The Morgan fingerprint density at radius 2 is 1.39 bits per heavy atom. The van der Waals surface area contributed by atoms with Crippen LogP contribution < -0.4 is 0 Å². The molecule has 0 unspecified atom stereocenters. The van der Waals surface area contributed by atoms with E-state index in [0.717, 1.165) is 9.80 Å². The molecule has 0 saturated carbocycles. The van der Waals surface area contributed by atoms with Crippen LogP contribution in [0.3, 0.4) is 0 Å². The lowest BCUT2D eigenvalue weighted by atomic mass is 10.1. The van der Waals surface area contributed by atoms with Crippen LogP contribution in [0.5, 0.6) is 0 Å². The molecule has 2 fully saturated rings. The first-order valence-electron chi connectivity index (χ1n) is 5.38. The highest BCUT2D eigenvalue weighted by Crippen LogP contribution is 2.17. The zero-order valence-corrected chi connectivity index (χ0v) is 9.91. The number of carbonyl (C=O) groups is 4. The van der Waals surface area contributed by atoms with E-state index >= 15 is 0 Å².